The van der Waals surface area contributed by atoms with Crippen molar-refractivity contribution in [3.05, 3.63) is 30.1 Å². The Morgan fingerprint density at radius 2 is 1.95 bits per heavy atom. The van der Waals surface area contributed by atoms with Crippen LogP contribution in [-0.2, 0) is 0 Å². The van der Waals surface area contributed by atoms with Crippen LogP contribution in [0.4, 0.5) is 10.1 Å². The third-order valence-electron chi connectivity index (χ3n) is 3.66. The van der Waals surface area contributed by atoms with Crippen LogP contribution in [0, 0.1) is 5.82 Å². The Labute approximate surface area is 120 Å². The molecule has 0 bridgehead atoms. The zero-order valence-electron chi connectivity index (χ0n) is 12.1. The first-order valence-electron chi connectivity index (χ1n) is 7.31. The van der Waals surface area contributed by atoms with E-state index in [9.17, 15) is 9.50 Å². The molecule has 0 amide bonds. The molecule has 20 heavy (non-hydrogen) atoms. The number of piperazine rings is 1. The summed E-state index contributed by atoms with van der Waals surface area (Å²) in [5.41, 5.74) is 0.681. The summed E-state index contributed by atoms with van der Waals surface area (Å²) in [6.45, 7) is 7.53. The minimum atomic E-state index is -0.338. The number of aliphatic hydroxyl groups excluding tert-OH is 1. The molecule has 4 nitrogen and oxygen atoms in total. The van der Waals surface area contributed by atoms with Gasteiger partial charge in [-0.3, -0.25) is 4.90 Å². The van der Waals surface area contributed by atoms with E-state index in [1.165, 1.54) is 6.07 Å². The van der Waals surface area contributed by atoms with Gasteiger partial charge in [0.25, 0.3) is 0 Å². The largest absolute Gasteiger partial charge is 0.390 e. The maximum atomic E-state index is 13.7. The van der Waals surface area contributed by atoms with Gasteiger partial charge in [0.05, 0.1) is 11.8 Å². The van der Waals surface area contributed by atoms with E-state index in [4.69, 9.17) is 0 Å². The number of halogens is 1. The Kier molecular flexibility index (Phi) is 5.76. The van der Waals surface area contributed by atoms with E-state index >= 15 is 0 Å². The number of nitrogens with one attached hydrogen (secondary N) is 1. The second-order valence-corrected chi connectivity index (χ2v) is 5.20. The number of aliphatic hydroxyl groups is 1. The Hall–Kier alpha value is -1.17. The molecule has 1 unspecified atom stereocenters. The molecular weight excluding hydrogens is 257 g/mol. The summed E-state index contributed by atoms with van der Waals surface area (Å²) in [5, 5.41) is 13.0. The number of likely N-dealkylation sites (N-methyl/N-ethyl adjacent to an activating group) is 1. The quantitative estimate of drug-likeness (QED) is 0.813. The summed E-state index contributed by atoms with van der Waals surface area (Å²) in [7, 11) is 0. The van der Waals surface area contributed by atoms with Crippen molar-refractivity contribution in [2.24, 2.45) is 0 Å². The molecule has 1 aliphatic heterocycles. The van der Waals surface area contributed by atoms with E-state index in [1.54, 1.807) is 6.07 Å². The SMILES string of the molecule is CCNCC(O)CN1CCN(c2ccccc2F)CC1. The van der Waals surface area contributed by atoms with Gasteiger partial charge in [0, 0.05) is 39.3 Å². The van der Waals surface area contributed by atoms with Crippen LogP contribution in [0.25, 0.3) is 0 Å². The minimum absolute atomic E-state index is 0.159. The first-order valence-corrected chi connectivity index (χ1v) is 7.31. The van der Waals surface area contributed by atoms with Gasteiger partial charge < -0.3 is 15.3 Å². The summed E-state index contributed by atoms with van der Waals surface area (Å²) >= 11 is 0. The molecule has 1 heterocycles. The lowest BCUT2D eigenvalue weighted by Crippen LogP contribution is -2.50. The molecule has 0 radical (unpaired) electrons. The van der Waals surface area contributed by atoms with Gasteiger partial charge in [-0.05, 0) is 18.7 Å². The number of hydrogen-bond donors (Lipinski definition) is 2. The zero-order valence-corrected chi connectivity index (χ0v) is 12.1. The van der Waals surface area contributed by atoms with Crippen LogP contribution in [0.5, 0.6) is 0 Å². The van der Waals surface area contributed by atoms with Crippen molar-refractivity contribution in [2.45, 2.75) is 13.0 Å². The van der Waals surface area contributed by atoms with Crippen LogP contribution in [-0.4, -0.2) is 61.9 Å². The maximum absolute atomic E-state index is 13.7. The maximum Gasteiger partial charge on any atom is 0.146 e. The zero-order chi connectivity index (χ0) is 14.4. The predicted molar refractivity (Wildman–Crippen MR) is 79.6 cm³/mol. The molecule has 0 saturated carbocycles. The van der Waals surface area contributed by atoms with Crippen LogP contribution in [0.2, 0.25) is 0 Å². The molecule has 1 fully saturated rings. The first-order chi connectivity index (χ1) is 9.70. The lowest BCUT2D eigenvalue weighted by Gasteiger charge is -2.37. The standard InChI is InChI=1S/C15H24FN3O/c1-2-17-11-13(20)12-18-7-9-19(10-8-18)15-6-4-3-5-14(15)16/h3-6,13,17,20H,2,7-12H2,1H3. The topological polar surface area (TPSA) is 38.7 Å². The Morgan fingerprint density at radius 3 is 2.60 bits per heavy atom. The Balaban J connectivity index is 1.79. The predicted octanol–water partition coefficient (Wildman–Crippen LogP) is 0.918. The van der Waals surface area contributed by atoms with Crippen molar-refractivity contribution in [1.29, 1.82) is 0 Å². The molecule has 112 valence electrons. The van der Waals surface area contributed by atoms with E-state index in [1.807, 2.05) is 19.1 Å². The van der Waals surface area contributed by atoms with Gasteiger partial charge in [-0.15, -0.1) is 0 Å². The van der Waals surface area contributed by atoms with Crippen molar-refractivity contribution < 1.29 is 9.50 Å². The van der Waals surface area contributed by atoms with Crippen LogP contribution in [0.3, 0.4) is 0 Å². The third-order valence-corrected chi connectivity index (χ3v) is 3.66. The van der Waals surface area contributed by atoms with Crippen molar-refractivity contribution in [2.75, 3.05) is 50.7 Å². The normalized spacial score (nSPS) is 18.2. The van der Waals surface area contributed by atoms with E-state index in [-0.39, 0.29) is 11.9 Å². The summed E-state index contributed by atoms with van der Waals surface area (Å²) in [5.74, 6) is -0.159. The fourth-order valence-corrected chi connectivity index (χ4v) is 2.55. The highest BCUT2D eigenvalue weighted by Gasteiger charge is 2.20. The molecule has 5 heteroatoms. The number of benzene rings is 1. The molecular formula is C15H24FN3O. The number of para-hydroxylation sites is 1. The van der Waals surface area contributed by atoms with Crippen molar-refractivity contribution in [1.82, 2.24) is 10.2 Å². The second kappa shape index (κ2) is 7.57. The Bertz CT molecular complexity index is 408. The summed E-state index contributed by atoms with van der Waals surface area (Å²) in [6, 6.07) is 6.91. The minimum Gasteiger partial charge on any atom is -0.390 e. The molecule has 1 aromatic carbocycles. The number of nitrogens with zero attached hydrogens (tertiary/aromatic N) is 2. The van der Waals surface area contributed by atoms with E-state index in [2.05, 4.69) is 15.1 Å². The highest BCUT2D eigenvalue weighted by atomic mass is 19.1. The highest BCUT2D eigenvalue weighted by Crippen LogP contribution is 2.20. The summed E-state index contributed by atoms with van der Waals surface area (Å²) in [4.78, 5) is 4.31. The Morgan fingerprint density at radius 1 is 1.25 bits per heavy atom. The molecule has 0 aromatic heterocycles. The number of rotatable bonds is 6. The van der Waals surface area contributed by atoms with Gasteiger partial charge in [-0.2, -0.15) is 0 Å². The van der Waals surface area contributed by atoms with Crippen LogP contribution in [0.1, 0.15) is 6.92 Å². The van der Waals surface area contributed by atoms with Crippen LogP contribution >= 0.6 is 0 Å². The van der Waals surface area contributed by atoms with Gasteiger partial charge in [0.15, 0.2) is 0 Å². The van der Waals surface area contributed by atoms with Gasteiger partial charge in [-0.1, -0.05) is 19.1 Å². The molecule has 0 aliphatic carbocycles. The fraction of sp³-hybridized carbons (Fsp3) is 0.600. The van der Waals surface area contributed by atoms with Gasteiger partial charge in [0.2, 0.25) is 0 Å². The summed E-state index contributed by atoms with van der Waals surface area (Å²) < 4.78 is 13.7. The molecule has 1 atom stereocenters. The average molecular weight is 281 g/mol. The van der Waals surface area contributed by atoms with Gasteiger partial charge in [-0.25, -0.2) is 4.39 Å². The van der Waals surface area contributed by atoms with Gasteiger partial charge in [0.1, 0.15) is 5.82 Å². The van der Waals surface area contributed by atoms with Crippen molar-refractivity contribution >= 4 is 5.69 Å². The fourth-order valence-electron chi connectivity index (χ4n) is 2.55. The molecule has 2 N–H and O–H groups in total. The smallest absolute Gasteiger partial charge is 0.146 e. The highest BCUT2D eigenvalue weighted by molar-refractivity contribution is 5.47. The molecule has 2 rings (SSSR count). The van der Waals surface area contributed by atoms with Crippen LogP contribution in [0.15, 0.2) is 24.3 Å². The lowest BCUT2D eigenvalue weighted by molar-refractivity contribution is 0.108. The van der Waals surface area contributed by atoms with Crippen molar-refractivity contribution in [3.8, 4) is 0 Å². The lowest BCUT2D eigenvalue weighted by atomic mass is 10.2. The van der Waals surface area contributed by atoms with Gasteiger partial charge >= 0.3 is 0 Å². The second-order valence-electron chi connectivity index (χ2n) is 5.20. The van der Waals surface area contributed by atoms with Crippen LogP contribution < -0.4 is 10.2 Å². The number of hydrogen-bond acceptors (Lipinski definition) is 4. The average Bonchev–Trinajstić information content (AvgIpc) is 2.47. The molecule has 1 aliphatic rings. The molecule has 0 spiro atoms. The monoisotopic (exact) mass is 281 g/mol. The third kappa shape index (κ3) is 4.16. The number of anilines is 1. The molecule has 1 aromatic rings. The van der Waals surface area contributed by atoms with Crippen molar-refractivity contribution in [3.63, 3.8) is 0 Å². The van der Waals surface area contributed by atoms with E-state index in [0.717, 1.165) is 32.7 Å². The van der Waals surface area contributed by atoms with E-state index < -0.39 is 0 Å². The number of β-amino-alcohol motifs (C(OH)–C–C–N with tert-alkyl or cyclic N) is 1. The molecule has 1 saturated heterocycles. The van der Waals surface area contributed by atoms with E-state index in [0.29, 0.717) is 18.8 Å². The summed E-state index contributed by atoms with van der Waals surface area (Å²) in [6.07, 6.45) is -0.338. The first kappa shape index (κ1) is 15.2.